The molecule has 0 heterocycles. The van der Waals surface area contributed by atoms with E-state index in [-0.39, 0.29) is 11.3 Å². The van der Waals surface area contributed by atoms with Crippen LogP contribution in [0.25, 0.3) is 0 Å². The van der Waals surface area contributed by atoms with E-state index in [0.29, 0.717) is 18.5 Å². The van der Waals surface area contributed by atoms with Crippen LogP contribution >= 0.6 is 0 Å². The molecule has 1 atom stereocenters. The van der Waals surface area contributed by atoms with E-state index >= 15 is 0 Å². The van der Waals surface area contributed by atoms with Gasteiger partial charge >= 0.3 is 6.18 Å². The maximum atomic E-state index is 12.9. The zero-order valence-corrected chi connectivity index (χ0v) is 11.0. The van der Waals surface area contributed by atoms with Gasteiger partial charge in [-0.05, 0) is 35.9 Å². The Morgan fingerprint density at radius 3 is 2.17 bits per heavy atom. The molecule has 0 amide bonds. The third-order valence-corrected chi connectivity index (χ3v) is 3.78. The fourth-order valence-corrected chi connectivity index (χ4v) is 1.90. The lowest BCUT2D eigenvalue weighted by Crippen LogP contribution is -2.35. The van der Waals surface area contributed by atoms with Crippen LogP contribution in [0, 0.1) is 11.3 Å². The third-order valence-electron chi connectivity index (χ3n) is 3.78. The summed E-state index contributed by atoms with van der Waals surface area (Å²) in [6, 6.07) is 5.73. The summed E-state index contributed by atoms with van der Waals surface area (Å²) < 4.78 is 38.7. The molecule has 0 aliphatic heterocycles. The molecule has 1 rings (SSSR count). The Balaban J connectivity index is 3.12. The van der Waals surface area contributed by atoms with Crippen molar-refractivity contribution < 1.29 is 13.2 Å². The first-order valence-electron chi connectivity index (χ1n) is 6.06. The van der Waals surface area contributed by atoms with Crippen LogP contribution in [0.4, 0.5) is 13.2 Å². The summed E-state index contributed by atoms with van der Waals surface area (Å²) in [7, 11) is 0. The molecular formula is C14H20F3N. The molecule has 0 aliphatic rings. The molecule has 1 nitrogen and oxygen atoms in total. The highest BCUT2D eigenvalue weighted by Crippen LogP contribution is 2.37. The second-order valence-corrected chi connectivity index (χ2v) is 5.34. The van der Waals surface area contributed by atoms with Crippen molar-refractivity contribution in [2.75, 3.05) is 6.54 Å². The van der Waals surface area contributed by atoms with Gasteiger partial charge in [-0.1, -0.05) is 39.0 Å². The zero-order valence-electron chi connectivity index (χ0n) is 11.0. The van der Waals surface area contributed by atoms with Crippen molar-refractivity contribution in [2.24, 2.45) is 17.1 Å². The van der Waals surface area contributed by atoms with Crippen LogP contribution in [0.3, 0.4) is 0 Å². The Hall–Kier alpha value is -1.03. The Labute approximate surface area is 106 Å². The molecule has 0 bridgehead atoms. The number of halogens is 3. The summed E-state index contributed by atoms with van der Waals surface area (Å²) in [4.78, 5) is 0. The van der Waals surface area contributed by atoms with E-state index in [1.165, 1.54) is 6.07 Å². The lowest BCUT2D eigenvalue weighted by atomic mass is 9.74. The predicted octanol–water partition coefficient (Wildman–Crippen LogP) is 3.87. The van der Waals surface area contributed by atoms with E-state index < -0.39 is 11.7 Å². The topological polar surface area (TPSA) is 26.0 Å². The van der Waals surface area contributed by atoms with Gasteiger partial charge in [0.1, 0.15) is 0 Å². The van der Waals surface area contributed by atoms with Crippen molar-refractivity contribution in [3.63, 3.8) is 0 Å². The average Bonchev–Trinajstić information content (AvgIpc) is 2.28. The first kappa shape index (κ1) is 15.0. The van der Waals surface area contributed by atoms with Crippen LogP contribution in [0.1, 0.15) is 31.9 Å². The molecule has 1 unspecified atom stereocenters. The minimum atomic E-state index is -4.30. The molecule has 0 saturated carbocycles. The lowest BCUT2D eigenvalue weighted by Gasteiger charge is -2.33. The SMILES string of the molecule is CC(C)C(C)(CN)Cc1ccccc1C(F)(F)F. The fraction of sp³-hybridized carbons (Fsp3) is 0.571. The molecular weight excluding hydrogens is 239 g/mol. The van der Waals surface area contributed by atoms with Gasteiger partial charge in [-0.15, -0.1) is 0 Å². The predicted molar refractivity (Wildman–Crippen MR) is 67.1 cm³/mol. The second kappa shape index (κ2) is 5.31. The number of hydrogen-bond acceptors (Lipinski definition) is 1. The Kier molecular flexibility index (Phi) is 4.43. The number of alkyl halides is 3. The van der Waals surface area contributed by atoms with Crippen molar-refractivity contribution in [2.45, 2.75) is 33.4 Å². The van der Waals surface area contributed by atoms with E-state index in [9.17, 15) is 13.2 Å². The normalized spacial score (nSPS) is 15.8. The van der Waals surface area contributed by atoms with Gasteiger partial charge in [-0.2, -0.15) is 13.2 Å². The molecule has 0 aromatic heterocycles. The van der Waals surface area contributed by atoms with Crippen LogP contribution in [0.15, 0.2) is 24.3 Å². The van der Waals surface area contributed by atoms with Crippen LogP contribution in [0.5, 0.6) is 0 Å². The van der Waals surface area contributed by atoms with Crippen molar-refractivity contribution in [3.05, 3.63) is 35.4 Å². The van der Waals surface area contributed by atoms with Crippen molar-refractivity contribution in [3.8, 4) is 0 Å². The van der Waals surface area contributed by atoms with Crippen LogP contribution < -0.4 is 5.73 Å². The van der Waals surface area contributed by atoms with Gasteiger partial charge in [0.2, 0.25) is 0 Å². The number of rotatable bonds is 4. The minimum absolute atomic E-state index is 0.226. The number of nitrogens with two attached hydrogens (primary N) is 1. The fourth-order valence-electron chi connectivity index (χ4n) is 1.90. The first-order valence-corrected chi connectivity index (χ1v) is 6.06. The molecule has 0 spiro atoms. The maximum Gasteiger partial charge on any atom is 0.416 e. The highest BCUT2D eigenvalue weighted by molar-refractivity contribution is 5.30. The van der Waals surface area contributed by atoms with Crippen LogP contribution in [-0.4, -0.2) is 6.54 Å². The van der Waals surface area contributed by atoms with E-state index in [4.69, 9.17) is 5.73 Å². The molecule has 0 aliphatic carbocycles. The molecule has 0 saturated heterocycles. The van der Waals surface area contributed by atoms with E-state index in [2.05, 4.69) is 0 Å². The van der Waals surface area contributed by atoms with Gasteiger partial charge < -0.3 is 5.73 Å². The van der Waals surface area contributed by atoms with Gasteiger partial charge in [0.25, 0.3) is 0 Å². The Morgan fingerprint density at radius 1 is 1.17 bits per heavy atom. The molecule has 1 aromatic rings. The molecule has 102 valence electrons. The van der Waals surface area contributed by atoms with Gasteiger partial charge in [-0.3, -0.25) is 0 Å². The Morgan fingerprint density at radius 2 is 1.72 bits per heavy atom. The summed E-state index contributed by atoms with van der Waals surface area (Å²) in [6.07, 6.45) is -3.96. The van der Waals surface area contributed by atoms with Gasteiger partial charge in [0, 0.05) is 0 Å². The molecule has 1 aromatic carbocycles. The molecule has 18 heavy (non-hydrogen) atoms. The molecule has 0 radical (unpaired) electrons. The zero-order chi connectivity index (χ0) is 14.0. The quantitative estimate of drug-likeness (QED) is 0.872. The van der Waals surface area contributed by atoms with Crippen LogP contribution in [0.2, 0.25) is 0 Å². The highest BCUT2D eigenvalue weighted by atomic mass is 19.4. The number of hydrogen-bond donors (Lipinski definition) is 1. The van der Waals surface area contributed by atoms with Gasteiger partial charge in [0.15, 0.2) is 0 Å². The molecule has 2 N–H and O–H groups in total. The van der Waals surface area contributed by atoms with E-state index in [1.54, 1.807) is 12.1 Å². The third kappa shape index (κ3) is 3.25. The van der Waals surface area contributed by atoms with Gasteiger partial charge in [-0.25, -0.2) is 0 Å². The summed E-state index contributed by atoms with van der Waals surface area (Å²) in [5, 5.41) is 0. The molecule has 0 fully saturated rings. The second-order valence-electron chi connectivity index (χ2n) is 5.34. The average molecular weight is 259 g/mol. The Bertz CT molecular complexity index is 398. The monoisotopic (exact) mass is 259 g/mol. The number of benzene rings is 1. The van der Waals surface area contributed by atoms with E-state index in [1.807, 2.05) is 20.8 Å². The smallest absolute Gasteiger partial charge is 0.330 e. The van der Waals surface area contributed by atoms with Crippen molar-refractivity contribution >= 4 is 0 Å². The largest absolute Gasteiger partial charge is 0.416 e. The van der Waals surface area contributed by atoms with Crippen molar-refractivity contribution in [1.82, 2.24) is 0 Å². The first-order chi connectivity index (χ1) is 8.20. The summed E-state index contributed by atoms with van der Waals surface area (Å²) in [6.45, 7) is 6.29. The highest BCUT2D eigenvalue weighted by Gasteiger charge is 2.35. The summed E-state index contributed by atoms with van der Waals surface area (Å²) in [5.74, 6) is 0.226. The summed E-state index contributed by atoms with van der Waals surface area (Å²) in [5.41, 5.74) is 5.19. The minimum Gasteiger partial charge on any atom is -0.330 e. The van der Waals surface area contributed by atoms with Crippen LogP contribution in [-0.2, 0) is 12.6 Å². The lowest BCUT2D eigenvalue weighted by molar-refractivity contribution is -0.138. The van der Waals surface area contributed by atoms with Gasteiger partial charge in [0.05, 0.1) is 5.56 Å². The van der Waals surface area contributed by atoms with Crippen molar-refractivity contribution in [1.29, 1.82) is 0 Å². The summed E-state index contributed by atoms with van der Waals surface area (Å²) >= 11 is 0. The van der Waals surface area contributed by atoms with E-state index in [0.717, 1.165) is 6.07 Å². The maximum absolute atomic E-state index is 12.9. The standard InChI is InChI=1S/C14H20F3N/c1-10(2)13(3,9-18)8-11-6-4-5-7-12(11)14(15,16)17/h4-7,10H,8-9,18H2,1-3H3. The molecule has 4 heteroatoms.